The first-order valence-electron chi connectivity index (χ1n) is 7.96. The first-order valence-corrected chi connectivity index (χ1v) is 7.96. The number of benzene rings is 1. The van der Waals surface area contributed by atoms with Gasteiger partial charge in [0.2, 0.25) is 5.91 Å². The predicted octanol–water partition coefficient (Wildman–Crippen LogP) is 2.57. The van der Waals surface area contributed by atoms with Crippen molar-refractivity contribution in [3.8, 4) is 0 Å². The molecule has 2 unspecified atom stereocenters. The number of carbonyl (C=O) groups excluding carboxylic acids is 1. The van der Waals surface area contributed by atoms with Crippen LogP contribution >= 0.6 is 0 Å². The monoisotopic (exact) mass is 288 g/mol. The molecule has 3 rings (SSSR count). The van der Waals surface area contributed by atoms with Gasteiger partial charge in [0.25, 0.3) is 0 Å². The summed E-state index contributed by atoms with van der Waals surface area (Å²) in [5.74, 6) is 0.283. The topological polar surface area (TPSA) is 55.6 Å². The van der Waals surface area contributed by atoms with Crippen molar-refractivity contribution >= 4 is 11.6 Å². The molecule has 0 bridgehead atoms. The second-order valence-electron chi connectivity index (χ2n) is 6.11. The summed E-state index contributed by atoms with van der Waals surface area (Å²) in [7, 11) is 0. The molecule has 1 aliphatic heterocycles. The molecule has 1 aromatic carbocycles. The second-order valence-corrected chi connectivity index (χ2v) is 6.11. The van der Waals surface area contributed by atoms with Crippen LogP contribution in [0.5, 0.6) is 0 Å². The Morgan fingerprint density at radius 3 is 2.76 bits per heavy atom. The minimum Gasteiger partial charge on any atom is -0.398 e. The zero-order chi connectivity index (χ0) is 14.8. The third-order valence-corrected chi connectivity index (χ3v) is 4.60. The molecule has 21 heavy (non-hydrogen) atoms. The van der Waals surface area contributed by atoms with Crippen molar-refractivity contribution in [1.29, 1.82) is 0 Å². The van der Waals surface area contributed by atoms with E-state index in [4.69, 9.17) is 10.5 Å². The van der Waals surface area contributed by atoms with Gasteiger partial charge >= 0.3 is 0 Å². The van der Waals surface area contributed by atoms with Crippen LogP contribution < -0.4 is 5.73 Å². The van der Waals surface area contributed by atoms with E-state index in [1.165, 1.54) is 0 Å². The Morgan fingerprint density at radius 2 is 2.10 bits per heavy atom. The van der Waals surface area contributed by atoms with Crippen LogP contribution in [-0.2, 0) is 16.1 Å². The minimum atomic E-state index is 0.0283. The maximum Gasteiger partial charge on any atom is 0.228 e. The van der Waals surface area contributed by atoms with Crippen LogP contribution in [0.2, 0.25) is 0 Å². The van der Waals surface area contributed by atoms with E-state index >= 15 is 0 Å². The number of nitrogen functional groups attached to an aromatic ring is 1. The zero-order valence-electron chi connectivity index (χ0n) is 12.6. The van der Waals surface area contributed by atoms with E-state index in [0.717, 1.165) is 36.9 Å². The number of amides is 1. The summed E-state index contributed by atoms with van der Waals surface area (Å²) in [6.45, 7) is 3.43. The highest BCUT2D eigenvalue weighted by molar-refractivity contribution is 5.80. The fourth-order valence-electron chi connectivity index (χ4n) is 3.18. The number of para-hydroxylation sites is 1. The Bertz CT molecular complexity index is 513. The van der Waals surface area contributed by atoms with Crippen LogP contribution in [0.3, 0.4) is 0 Å². The lowest BCUT2D eigenvalue weighted by molar-refractivity contribution is -0.138. The van der Waals surface area contributed by atoms with Gasteiger partial charge in [0.15, 0.2) is 0 Å². The molecule has 0 spiro atoms. The molecule has 1 saturated heterocycles. The Hall–Kier alpha value is -1.55. The molecule has 1 heterocycles. The molecule has 2 N–H and O–H groups in total. The molecule has 4 heteroatoms. The van der Waals surface area contributed by atoms with Crippen molar-refractivity contribution < 1.29 is 9.53 Å². The SMILES string of the molecule is CCC1OCCC1C(=O)N(Cc1ccccc1N)C1CC1. The molecule has 2 aliphatic rings. The van der Waals surface area contributed by atoms with Gasteiger partial charge in [-0.2, -0.15) is 0 Å². The standard InChI is InChI=1S/C17H24N2O2/c1-2-16-14(9-10-21-16)17(20)19(13-7-8-13)11-12-5-3-4-6-15(12)18/h3-6,13-14,16H,2,7-11,18H2,1H3. The van der Waals surface area contributed by atoms with Crippen LogP contribution in [0.25, 0.3) is 0 Å². The lowest BCUT2D eigenvalue weighted by Gasteiger charge is -2.28. The molecule has 114 valence electrons. The largest absolute Gasteiger partial charge is 0.398 e. The van der Waals surface area contributed by atoms with E-state index in [1.807, 2.05) is 29.2 Å². The van der Waals surface area contributed by atoms with Crippen molar-refractivity contribution in [2.24, 2.45) is 5.92 Å². The van der Waals surface area contributed by atoms with Gasteiger partial charge in [0, 0.05) is 24.9 Å². The van der Waals surface area contributed by atoms with E-state index in [0.29, 0.717) is 19.2 Å². The second kappa shape index (κ2) is 6.06. The molecule has 0 aromatic heterocycles. The van der Waals surface area contributed by atoms with Gasteiger partial charge in [-0.1, -0.05) is 25.1 Å². The van der Waals surface area contributed by atoms with Crippen LogP contribution in [0.1, 0.15) is 38.2 Å². The molecule has 1 aliphatic carbocycles. The zero-order valence-corrected chi connectivity index (χ0v) is 12.6. The molecule has 4 nitrogen and oxygen atoms in total. The predicted molar refractivity (Wildman–Crippen MR) is 82.6 cm³/mol. The quantitative estimate of drug-likeness (QED) is 0.847. The van der Waals surface area contributed by atoms with Gasteiger partial charge in [-0.15, -0.1) is 0 Å². The van der Waals surface area contributed by atoms with E-state index in [1.54, 1.807) is 0 Å². The Labute approximate surface area is 126 Å². The molecule has 1 aromatic rings. The fourth-order valence-corrected chi connectivity index (χ4v) is 3.18. The van der Waals surface area contributed by atoms with E-state index in [9.17, 15) is 4.79 Å². The van der Waals surface area contributed by atoms with Gasteiger partial charge < -0.3 is 15.4 Å². The lowest BCUT2D eigenvalue weighted by Crippen LogP contribution is -2.40. The van der Waals surface area contributed by atoms with E-state index in [2.05, 4.69) is 6.92 Å². The molecule has 0 radical (unpaired) electrons. The number of carbonyl (C=O) groups is 1. The minimum absolute atomic E-state index is 0.0283. The molecule has 2 atom stereocenters. The van der Waals surface area contributed by atoms with E-state index in [-0.39, 0.29) is 17.9 Å². The van der Waals surface area contributed by atoms with Crippen LogP contribution in [0.4, 0.5) is 5.69 Å². The maximum atomic E-state index is 12.9. The Kier molecular flexibility index (Phi) is 4.15. The highest BCUT2D eigenvalue weighted by atomic mass is 16.5. The first kappa shape index (κ1) is 14.4. The van der Waals surface area contributed by atoms with Crippen molar-refractivity contribution in [2.45, 2.75) is 51.3 Å². The third-order valence-electron chi connectivity index (χ3n) is 4.60. The molecular weight excluding hydrogens is 264 g/mol. The van der Waals surface area contributed by atoms with Crippen molar-refractivity contribution in [2.75, 3.05) is 12.3 Å². The number of ether oxygens (including phenoxy) is 1. The van der Waals surface area contributed by atoms with Crippen LogP contribution in [0.15, 0.2) is 24.3 Å². The van der Waals surface area contributed by atoms with Gasteiger partial charge in [0.1, 0.15) is 0 Å². The van der Waals surface area contributed by atoms with Crippen LogP contribution in [-0.4, -0.2) is 29.6 Å². The number of nitrogens with two attached hydrogens (primary N) is 1. The number of nitrogens with zero attached hydrogens (tertiary/aromatic N) is 1. The van der Waals surface area contributed by atoms with Gasteiger partial charge in [-0.05, 0) is 37.3 Å². The average molecular weight is 288 g/mol. The van der Waals surface area contributed by atoms with Gasteiger partial charge in [-0.25, -0.2) is 0 Å². The lowest BCUT2D eigenvalue weighted by atomic mass is 9.97. The Morgan fingerprint density at radius 1 is 1.33 bits per heavy atom. The average Bonchev–Trinajstić information content (AvgIpc) is 3.22. The molecular formula is C17H24N2O2. The van der Waals surface area contributed by atoms with Gasteiger partial charge in [-0.3, -0.25) is 4.79 Å². The maximum absolute atomic E-state index is 12.9. The number of rotatable bonds is 5. The number of hydrogen-bond acceptors (Lipinski definition) is 3. The Balaban J connectivity index is 1.75. The summed E-state index contributed by atoms with van der Waals surface area (Å²) in [6.07, 6.45) is 4.07. The molecule has 2 fully saturated rings. The number of anilines is 1. The van der Waals surface area contributed by atoms with Crippen LogP contribution in [0, 0.1) is 5.92 Å². The van der Waals surface area contributed by atoms with E-state index < -0.39 is 0 Å². The molecule has 1 amide bonds. The fraction of sp³-hybridized carbons (Fsp3) is 0.588. The normalized spacial score (nSPS) is 25.0. The summed E-state index contributed by atoms with van der Waals surface area (Å²) < 4.78 is 5.69. The summed E-state index contributed by atoms with van der Waals surface area (Å²) in [5.41, 5.74) is 7.85. The van der Waals surface area contributed by atoms with Crippen molar-refractivity contribution in [3.05, 3.63) is 29.8 Å². The summed E-state index contributed by atoms with van der Waals surface area (Å²) in [4.78, 5) is 15.0. The molecule has 1 saturated carbocycles. The summed E-state index contributed by atoms with van der Waals surface area (Å²) in [5, 5.41) is 0. The summed E-state index contributed by atoms with van der Waals surface area (Å²) >= 11 is 0. The third kappa shape index (κ3) is 3.05. The smallest absolute Gasteiger partial charge is 0.228 e. The van der Waals surface area contributed by atoms with Crippen molar-refractivity contribution in [1.82, 2.24) is 4.90 Å². The highest BCUT2D eigenvalue weighted by Crippen LogP contribution is 2.34. The number of hydrogen-bond donors (Lipinski definition) is 1. The highest BCUT2D eigenvalue weighted by Gasteiger charge is 2.40. The van der Waals surface area contributed by atoms with Crippen molar-refractivity contribution in [3.63, 3.8) is 0 Å². The first-order chi connectivity index (χ1) is 10.2. The van der Waals surface area contributed by atoms with Gasteiger partial charge in [0.05, 0.1) is 12.0 Å². The summed E-state index contributed by atoms with van der Waals surface area (Å²) in [6, 6.07) is 8.23.